The van der Waals surface area contributed by atoms with Crippen molar-refractivity contribution in [2.75, 3.05) is 6.26 Å². The van der Waals surface area contributed by atoms with Crippen molar-refractivity contribution >= 4 is 15.6 Å². The SMILES string of the molecule is CC1(C)C(=O)CC1Oc1cccc(S(C)(=O)=O)c1. The van der Waals surface area contributed by atoms with Crippen molar-refractivity contribution in [2.45, 2.75) is 31.3 Å². The Morgan fingerprint density at radius 2 is 2.00 bits per heavy atom. The summed E-state index contributed by atoms with van der Waals surface area (Å²) in [6.45, 7) is 3.67. The molecular formula is C13H16O4S. The maximum atomic E-state index is 11.4. The number of benzene rings is 1. The van der Waals surface area contributed by atoms with E-state index in [-0.39, 0.29) is 16.8 Å². The molecule has 1 aliphatic carbocycles. The standard InChI is InChI=1S/C13H16O4S/c1-13(2)11(14)8-12(13)17-9-5-4-6-10(7-9)18(3,15)16/h4-7,12H,8H2,1-3H3. The number of ketones is 1. The van der Waals surface area contributed by atoms with E-state index in [1.807, 2.05) is 13.8 Å². The maximum absolute atomic E-state index is 11.4. The minimum absolute atomic E-state index is 0.173. The van der Waals surface area contributed by atoms with E-state index in [0.717, 1.165) is 6.26 Å². The van der Waals surface area contributed by atoms with E-state index in [1.54, 1.807) is 12.1 Å². The molecule has 1 fully saturated rings. The zero-order valence-electron chi connectivity index (χ0n) is 10.6. The second kappa shape index (κ2) is 4.09. The molecule has 0 aliphatic heterocycles. The molecule has 0 bridgehead atoms. The van der Waals surface area contributed by atoms with Gasteiger partial charge in [-0.25, -0.2) is 8.42 Å². The van der Waals surface area contributed by atoms with Crippen LogP contribution in [0.5, 0.6) is 5.75 Å². The third-order valence-corrected chi connectivity index (χ3v) is 4.52. The largest absolute Gasteiger partial charge is 0.489 e. The average Bonchev–Trinajstić information content (AvgIpc) is 2.28. The highest BCUT2D eigenvalue weighted by atomic mass is 32.2. The smallest absolute Gasteiger partial charge is 0.175 e. The van der Waals surface area contributed by atoms with Crippen molar-refractivity contribution in [2.24, 2.45) is 5.41 Å². The molecular weight excluding hydrogens is 252 g/mol. The predicted molar refractivity (Wildman–Crippen MR) is 67.4 cm³/mol. The van der Waals surface area contributed by atoms with E-state index in [4.69, 9.17) is 4.74 Å². The van der Waals surface area contributed by atoms with E-state index in [1.165, 1.54) is 12.1 Å². The average molecular weight is 268 g/mol. The second-order valence-electron chi connectivity index (χ2n) is 5.20. The lowest BCUT2D eigenvalue weighted by atomic mass is 9.68. The summed E-state index contributed by atoms with van der Waals surface area (Å²) in [4.78, 5) is 11.6. The zero-order valence-corrected chi connectivity index (χ0v) is 11.5. The first-order chi connectivity index (χ1) is 8.21. The van der Waals surface area contributed by atoms with E-state index < -0.39 is 15.3 Å². The van der Waals surface area contributed by atoms with Crippen molar-refractivity contribution < 1.29 is 17.9 Å². The predicted octanol–water partition coefficient (Wildman–Crippen LogP) is 1.84. The Morgan fingerprint density at radius 1 is 1.33 bits per heavy atom. The zero-order chi connectivity index (χ0) is 13.6. The van der Waals surface area contributed by atoms with Crippen LogP contribution in [0.25, 0.3) is 0 Å². The molecule has 0 N–H and O–H groups in total. The lowest BCUT2D eigenvalue weighted by Gasteiger charge is -2.41. The first-order valence-electron chi connectivity index (χ1n) is 5.71. The molecule has 0 spiro atoms. The lowest BCUT2D eigenvalue weighted by Crippen LogP contribution is -2.52. The third kappa shape index (κ3) is 2.27. The van der Waals surface area contributed by atoms with Crippen LogP contribution in [-0.2, 0) is 14.6 Å². The van der Waals surface area contributed by atoms with Gasteiger partial charge in [0, 0.05) is 12.7 Å². The van der Waals surface area contributed by atoms with Crippen LogP contribution in [0.3, 0.4) is 0 Å². The van der Waals surface area contributed by atoms with Gasteiger partial charge in [-0.15, -0.1) is 0 Å². The van der Waals surface area contributed by atoms with E-state index in [9.17, 15) is 13.2 Å². The second-order valence-corrected chi connectivity index (χ2v) is 7.22. The van der Waals surface area contributed by atoms with Crippen LogP contribution < -0.4 is 4.74 Å². The van der Waals surface area contributed by atoms with Gasteiger partial charge in [-0.1, -0.05) is 6.07 Å². The molecule has 1 aromatic carbocycles. The number of ether oxygens (including phenoxy) is 1. The van der Waals surface area contributed by atoms with E-state index in [0.29, 0.717) is 12.2 Å². The van der Waals surface area contributed by atoms with Crippen molar-refractivity contribution in [3.63, 3.8) is 0 Å². The van der Waals surface area contributed by atoms with Gasteiger partial charge >= 0.3 is 0 Å². The molecule has 98 valence electrons. The van der Waals surface area contributed by atoms with Gasteiger partial charge in [0.25, 0.3) is 0 Å². The number of Topliss-reactive ketones (excluding diaryl/α,β-unsaturated/α-hetero) is 1. The number of carbonyl (C=O) groups is 1. The lowest BCUT2D eigenvalue weighted by molar-refractivity contribution is -0.148. The Balaban J connectivity index is 2.19. The molecule has 0 radical (unpaired) electrons. The quantitative estimate of drug-likeness (QED) is 0.839. The third-order valence-electron chi connectivity index (χ3n) is 3.41. The molecule has 1 aromatic rings. The highest BCUT2D eigenvalue weighted by Gasteiger charge is 2.49. The summed E-state index contributed by atoms with van der Waals surface area (Å²) in [6.07, 6.45) is 1.36. The fraction of sp³-hybridized carbons (Fsp3) is 0.462. The summed E-state index contributed by atoms with van der Waals surface area (Å²) in [5, 5.41) is 0. The first kappa shape index (κ1) is 13.1. The fourth-order valence-corrected chi connectivity index (χ4v) is 2.52. The number of rotatable bonds is 3. The summed E-state index contributed by atoms with van der Waals surface area (Å²) < 4.78 is 28.5. The van der Waals surface area contributed by atoms with Crippen LogP contribution in [0.15, 0.2) is 29.2 Å². The molecule has 1 unspecified atom stereocenters. The summed E-state index contributed by atoms with van der Waals surface area (Å²) in [5.41, 5.74) is -0.485. The molecule has 4 nitrogen and oxygen atoms in total. The van der Waals surface area contributed by atoms with Crippen molar-refractivity contribution in [1.82, 2.24) is 0 Å². The van der Waals surface area contributed by atoms with Crippen LogP contribution in [0, 0.1) is 5.41 Å². The summed E-state index contributed by atoms with van der Waals surface area (Å²) in [6, 6.07) is 6.36. The van der Waals surface area contributed by atoms with Crippen LogP contribution in [-0.4, -0.2) is 26.6 Å². The molecule has 1 saturated carbocycles. The highest BCUT2D eigenvalue weighted by Crippen LogP contribution is 2.39. The van der Waals surface area contributed by atoms with Crippen molar-refractivity contribution in [3.05, 3.63) is 24.3 Å². The Morgan fingerprint density at radius 3 is 2.50 bits per heavy atom. The molecule has 2 rings (SSSR count). The Hall–Kier alpha value is -1.36. The van der Waals surface area contributed by atoms with E-state index >= 15 is 0 Å². The topological polar surface area (TPSA) is 60.4 Å². The molecule has 18 heavy (non-hydrogen) atoms. The van der Waals surface area contributed by atoms with Gasteiger partial charge < -0.3 is 4.74 Å². The minimum Gasteiger partial charge on any atom is -0.489 e. The van der Waals surface area contributed by atoms with Crippen LogP contribution >= 0.6 is 0 Å². The first-order valence-corrected chi connectivity index (χ1v) is 7.60. The summed E-state index contributed by atoms with van der Waals surface area (Å²) in [5.74, 6) is 0.662. The number of sulfone groups is 1. The van der Waals surface area contributed by atoms with Crippen molar-refractivity contribution in [3.8, 4) is 5.75 Å². The van der Waals surface area contributed by atoms with Gasteiger partial charge in [-0.2, -0.15) is 0 Å². The van der Waals surface area contributed by atoms with Crippen LogP contribution in [0.4, 0.5) is 0 Å². The summed E-state index contributed by atoms with van der Waals surface area (Å²) >= 11 is 0. The Bertz CT molecular complexity index is 587. The molecule has 5 heteroatoms. The molecule has 1 aliphatic rings. The fourth-order valence-electron chi connectivity index (χ4n) is 1.87. The molecule has 0 heterocycles. The number of hydrogen-bond acceptors (Lipinski definition) is 4. The molecule has 0 saturated heterocycles. The molecule has 0 aromatic heterocycles. The highest BCUT2D eigenvalue weighted by molar-refractivity contribution is 7.90. The number of hydrogen-bond donors (Lipinski definition) is 0. The monoisotopic (exact) mass is 268 g/mol. The van der Waals surface area contributed by atoms with Gasteiger partial charge in [0.05, 0.1) is 10.3 Å². The van der Waals surface area contributed by atoms with Gasteiger partial charge in [0.2, 0.25) is 0 Å². The van der Waals surface area contributed by atoms with Gasteiger partial charge in [-0.3, -0.25) is 4.79 Å². The van der Waals surface area contributed by atoms with Gasteiger partial charge in [-0.05, 0) is 32.0 Å². The Kier molecular flexibility index (Phi) is 2.97. The van der Waals surface area contributed by atoms with Crippen LogP contribution in [0.1, 0.15) is 20.3 Å². The summed E-state index contributed by atoms with van der Waals surface area (Å²) in [7, 11) is -3.24. The maximum Gasteiger partial charge on any atom is 0.175 e. The Labute approximate surface area is 107 Å². The van der Waals surface area contributed by atoms with Crippen LogP contribution in [0.2, 0.25) is 0 Å². The normalized spacial score (nSPS) is 22.4. The van der Waals surface area contributed by atoms with Gasteiger partial charge in [0.15, 0.2) is 9.84 Å². The van der Waals surface area contributed by atoms with Crippen molar-refractivity contribution in [1.29, 1.82) is 0 Å². The van der Waals surface area contributed by atoms with Gasteiger partial charge in [0.1, 0.15) is 17.6 Å². The number of carbonyl (C=O) groups excluding carboxylic acids is 1. The molecule has 0 amide bonds. The molecule has 1 atom stereocenters. The minimum atomic E-state index is -3.24. The van der Waals surface area contributed by atoms with E-state index in [2.05, 4.69) is 0 Å².